The van der Waals surface area contributed by atoms with Gasteiger partial charge in [-0.2, -0.15) is 13.2 Å². The highest BCUT2D eigenvalue weighted by molar-refractivity contribution is 5.79. The van der Waals surface area contributed by atoms with Crippen molar-refractivity contribution in [1.29, 1.82) is 0 Å². The number of carbonyl (C=O) groups is 2. The lowest BCUT2D eigenvalue weighted by Gasteiger charge is -2.20. The van der Waals surface area contributed by atoms with Gasteiger partial charge in [-0.15, -0.1) is 0 Å². The van der Waals surface area contributed by atoms with Crippen molar-refractivity contribution in [2.45, 2.75) is 58.2 Å². The monoisotopic (exact) mass is 519 g/mol. The fourth-order valence-electron chi connectivity index (χ4n) is 4.26. The van der Waals surface area contributed by atoms with E-state index in [0.29, 0.717) is 13.2 Å². The van der Waals surface area contributed by atoms with Crippen molar-refractivity contribution in [2.75, 3.05) is 13.2 Å². The number of carboxylic acid groups (broad SMARTS) is 1. The van der Waals surface area contributed by atoms with Gasteiger partial charge in [-0.05, 0) is 44.0 Å². The van der Waals surface area contributed by atoms with Crippen LogP contribution in [0, 0.1) is 12.8 Å². The van der Waals surface area contributed by atoms with Gasteiger partial charge in [-0.1, -0.05) is 49.1 Å². The van der Waals surface area contributed by atoms with Crippen LogP contribution in [0.2, 0.25) is 0 Å². The second kappa shape index (κ2) is 13.1. The first-order valence-electron chi connectivity index (χ1n) is 12.4. The fraction of sp³-hybridized carbons (Fsp3) is 0.444. The summed E-state index contributed by atoms with van der Waals surface area (Å²) in [5.41, 5.74) is 3.32. The van der Waals surface area contributed by atoms with Gasteiger partial charge in [0.2, 0.25) is 5.91 Å². The Bertz CT molecular complexity index is 1170. The SMILES string of the molecule is Cc1ccc(OCCn2c(CCNC(=O)C3CCCCC3)nc3ccccc32)cc1.O=C(O)C(F)(F)F. The maximum atomic E-state index is 12.4. The first-order chi connectivity index (χ1) is 17.6. The summed E-state index contributed by atoms with van der Waals surface area (Å²) >= 11 is 0. The summed E-state index contributed by atoms with van der Waals surface area (Å²) in [5.74, 6) is -0.480. The average Bonchev–Trinajstić information content (AvgIpc) is 3.23. The van der Waals surface area contributed by atoms with E-state index >= 15 is 0 Å². The number of aliphatic carboxylic acids is 1. The van der Waals surface area contributed by atoms with Crippen molar-refractivity contribution in [3.63, 3.8) is 0 Å². The molecule has 1 aliphatic rings. The molecule has 0 bridgehead atoms. The van der Waals surface area contributed by atoms with Crippen LogP contribution in [-0.4, -0.2) is 45.9 Å². The van der Waals surface area contributed by atoms with Crippen LogP contribution >= 0.6 is 0 Å². The van der Waals surface area contributed by atoms with Crippen LogP contribution in [0.5, 0.6) is 5.75 Å². The van der Waals surface area contributed by atoms with Gasteiger partial charge in [0.1, 0.15) is 18.2 Å². The number of rotatable bonds is 8. The molecule has 10 heteroatoms. The summed E-state index contributed by atoms with van der Waals surface area (Å²) in [7, 11) is 0. The minimum absolute atomic E-state index is 0.195. The molecule has 0 radical (unpaired) electrons. The number of ether oxygens (including phenoxy) is 1. The molecule has 200 valence electrons. The number of halogens is 3. The van der Waals surface area contributed by atoms with Crippen molar-refractivity contribution >= 4 is 22.9 Å². The predicted molar refractivity (Wildman–Crippen MR) is 133 cm³/mol. The molecule has 2 N–H and O–H groups in total. The zero-order chi connectivity index (χ0) is 26.8. The molecule has 0 unspecified atom stereocenters. The summed E-state index contributed by atoms with van der Waals surface area (Å²) in [5, 5.41) is 10.3. The van der Waals surface area contributed by atoms with Crippen LogP contribution in [0.1, 0.15) is 43.5 Å². The molecular weight excluding hydrogens is 487 g/mol. The Morgan fingerprint density at radius 2 is 1.73 bits per heavy atom. The number of aromatic nitrogens is 2. The molecule has 1 fully saturated rings. The van der Waals surface area contributed by atoms with Gasteiger partial charge in [0.15, 0.2) is 0 Å². The standard InChI is InChI=1S/C25H31N3O2.C2HF3O2/c1-19-11-13-21(14-12-19)30-18-17-28-23-10-6-5-9-22(23)27-24(28)15-16-26-25(29)20-7-3-2-4-8-20;3-2(4,5)1(6)7/h5-6,9-14,20H,2-4,7-8,15-18H2,1H3,(H,26,29);(H,6,7). The molecule has 1 heterocycles. The molecule has 0 spiro atoms. The molecule has 0 atom stereocenters. The molecular formula is C27H32F3N3O4. The third-order valence-corrected chi connectivity index (χ3v) is 6.20. The van der Waals surface area contributed by atoms with Crippen molar-refractivity contribution in [1.82, 2.24) is 14.9 Å². The Labute approximate surface area is 213 Å². The largest absolute Gasteiger partial charge is 0.492 e. The van der Waals surface area contributed by atoms with Crippen LogP contribution < -0.4 is 10.1 Å². The molecule has 1 saturated carbocycles. The first-order valence-corrected chi connectivity index (χ1v) is 12.4. The zero-order valence-electron chi connectivity index (χ0n) is 20.8. The lowest BCUT2D eigenvalue weighted by molar-refractivity contribution is -0.192. The summed E-state index contributed by atoms with van der Waals surface area (Å²) < 4.78 is 39.9. The van der Waals surface area contributed by atoms with Gasteiger partial charge >= 0.3 is 12.1 Å². The summed E-state index contributed by atoms with van der Waals surface area (Å²) in [6, 6.07) is 16.3. The minimum atomic E-state index is -5.08. The summed E-state index contributed by atoms with van der Waals surface area (Å²) in [6.07, 6.45) is 1.31. The van der Waals surface area contributed by atoms with E-state index in [4.69, 9.17) is 19.6 Å². The minimum Gasteiger partial charge on any atom is -0.492 e. The number of fused-ring (bicyclic) bond motifs is 1. The number of hydrogen-bond acceptors (Lipinski definition) is 4. The second-order valence-corrected chi connectivity index (χ2v) is 9.01. The fourth-order valence-corrected chi connectivity index (χ4v) is 4.26. The lowest BCUT2D eigenvalue weighted by Crippen LogP contribution is -2.33. The Hall–Kier alpha value is -3.56. The Balaban J connectivity index is 0.000000479. The average molecular weight is 520 g/mol. The molecule has 1 amide bonds. The van der Waals surface area contributed by atoms with Gasteiger partial charge in [0, 0.05) is 18.9 Å². The highest BCUT2D eigenvalue weighted by atomic mass is 19.4. The van der Waals surface area contributed by atoms with E-state index < -0.39 is 12.1 Å². The number of alkyl halides is 3. The number of amides is 1. The molecule has 37 heavy (non-hydrogen) atoms. The number of nitrogens with one attached hydrogen (secondary N) is 1. The number of carbonyl (C=O) groups excluding carboxylic acids is 1. The lowest BCUT2D eigenvalue weighted by atomic mass is 9.89. The van der Waals surface area contributed by atoms with Crippen LogP contribution in [0.4, 0.5) is 13.2 Å². The highest BCUT2D eigenvalue weighted by Crippen LogP contribution is 2.23. The summed E-state index contributed by atoms with van der Waals surface area (Å²) in [4.78, 5) is 26.2. The highest BCUT2D eigenvalue weighted by Gasteiger charge is 2.38. The molecule has 0 aliphatic heterocycles. The number of nitrogens with zero attached hydrogens (tertiary/aromatic N) is 2. The number of imidazole rings is 1. The van der Waals surface area contributed by atoms with Crippen LogP contribution in [0.15, 0.2) is 48.5 Å². The topological polar surface area (TPSA) is 93.5 Å². The molecule has 1 aromatic heterocycles. The van der Waals surface area contributed by atoms with Crippen LogP contribution in [0.25, 0.3) is 11.0 Å². The van der Waals surface area contributed by atoms with Gasteiger partial charge in [-0.3, -0.25) is 4.79 Å². The number of benzene rings is 2. The van der Waals surface area contributed by atoms with Crippen molar-refractivity contribution < 1.29 is 32.6 Å². The Morgan fingerprint density at radius 1 is 1.08 bits per heavy atom. The normalized spacial score (nSPS) is 14.1. The third kappa shape index (κ3) is 8.51. The molecule has 3 aromatic rings. The summed E-state index contributed by atoms with van der Waals surface area (Å²) in [6.45, 7) is 3.99. The number of carboxylic acids is 1. The molecule has 7 nitrogen and oxygen atoms in total. The zero-order valence-corrected chi connectivity index (χ0v) is 20.8. The second-order valence-electron chi connectivity index (χ2n) is 9.01. The van der Waals surface area contributed by atoms with Gasteiger partial charge in [-0.25, -0.2) is 9.78 Å². The van der Waals surface area contributed by atoms with E-state index in [1.54, 1.807) is 0 Å². The predicted octanol–water partition coefficient (Wildman–Crippen LogP) is 5.30. The van der Waals surface area contributed by atoms with Crippen LogP contribution in [-0.2, 0) is 22.6 Å². The molecule has 1 aliphatic carbocycles. The van der Waals surface area contributed by atoms with Gasteiger partial charge in [0.05, 0.1) is 17.6 Å². The van der Waals surface area contributed by atoms with Gasteiger partial charge < -0.3 is 19.7 Å². The van der Waals surface area contributed by atoms with E-state index in [1.807, 2.05) is 30.3 Å². The molecule has 2 aromatic carbocycles. The quantitative estimate of drug-likeness (QED) is 0.422. The van der Waals surface area contributed by atoms with Crippen molar-refractivity contribution in [3.8, 4) is 5.75 Å². The molecule has 4 rings (SSSR count). The van der Waals surface area contributed by atoms with Gasteiger partial charge in [0.25, 0.3) is 0 Å². The van der Waals surface area contributed by atoms with Crippen molar-refractivity contribution in [2.24, 2.45) is 5.92 Å². The van der Waals surface area contributed by atoms with Crippen LogP contribution in [0.3, 0.4) is 0 Å². The maximum Gasteiger partial charge on any atom is 0.490 e. The smallest absolute Gasteiger partial charge is 0.490 e. The Kier molecular flexibility index (Phi) is 9.93. The van der Waals surface area contributed by atoms with E-state index in [1.165, 1.54) is 24.8 Å². The van der Waals surface area contributed by atoms with E-state index in [-0.39, 0.29) is 11.8 Å². The third-order valence-electron chi connectivity index (χ3n) is 6.20. The number of aryl methyl sites for hydroxylation is 1. The molecule has 0 saturated heterocycles. The van der Waals surface area contributed by atoms with E-state index in [0.717, 1.165) is 48.4 Å². The van der Waals surface area contributed by atoms with E-state index in [2.05, 4.69) is 35.0 Å². The van der Waals surface area contributed by atoms with E-state index in [9.17, 15) is 18.0 Å². The van der Waals surface area contributed by atoms with Crippen molar-refractivity contribution in [3.05, 3.63) is 59.9 Å². The first kappa shape index (κ1) is 28.0. The number of hydrogen-bond donors (Lipinski definition) is 2. The maximum absolute atomic E-state index is 12.4. The Morgan fingerprint density at radius 3 is 2.38 bits per heavy atom. The number of para-hydroxylation sites is 2.